The lowest BCUT2D eigenvalue weighted by atomic mass is 10.1. The normalized spacial score (nSPS) is 16.8. The molecule has 24 heavy (non-hydrogen) atoms. The molecular formula is C16H23N3O4S. The van der Waals surface area contributed by atoms with Gasteiger partial charge in [-0.1, -0.05) is 12.1 Å². The third-order valence-corrected chi connectivity index (χ3v) is 4.65. The number of likely N-dealkylation sites (tertiary alicyclic amines) is 1. The van der Waals surface area contributed by atoms with Crippen LogP contribution in [0.3, 0.4) is 0 Å². The number of nitrogens with one attached hydrogen (secondary N) is 2. The summed E-state index contributed by atoms with van der Waals surface area (Å²) in [5.41, 5.74) is 1.15. The maximum absolute atomic E-state index is 12.1. The highest BCUT2D eigenvalue weighted by Crippen LogP contribution is 2.13. The molecule has 2 N–H and O–H groups in total. The van der Waals surface area contributed by atoms with Gasteiger partial charge in [-0.15, -0.1) is 0 Å². The molecule has 0 unspecified atom stereocenters. The van der Waals surface area contributed by atoms with Gasteiger partial charge in [-0.3, -0.25) is 14.5 Å². The van der Waals surface area contributed by atoms with Crippen LogP contribution in [0.5, 0.6) is 0 Å². The number of Topliss-reactive ketones (excluding diaryl/α,β-unsaturated/α-hetero) is 1. The van der Waals surface area contributed by atoms with Gasteiger partial charge in [0.05, 0.1) is 12.8 Å². The Kier molecular flexibility index (Phi) is 6.09. The van der Waals surface area contributed by atoms with E-state index in [9.17, 15) is 18.0 Å². The zero-order valence-corrected chi connectivity index (χ0v) is 14.7. The lowest BCUT2D eigenvalue weighted by Crippen LogP contribution is -2.46. The number of anilines is 1. The average molecular weight is 353 g/mol. The van der Waals surface area contributed by atoms with Crippen LogP contribution < -0.4 is 10.0 Å². The van der Waals surface area contributed by atoms with Crippen molar-refractivity contribution in [3.05, 3.63) is 29.8 Å². The predicted octanol–water partition coefficient (Wildman–Crippen LogP) is 0.841. The van der Waals surface area contributed by atoms with E-state index in [1.54, 1.807) is 24.3 Å². The van der Waals surface area contributed by atoms with Crippen molar-refractivity contribution in [1.29, 1.82) is 0 Å². The van der Waals surface area contributed by atoms with E-state index >= 15 is 0 Å². The summed E-state index contributed by atoms with van der Waals surface area (Å²) < 4.78 is 25.1. The quantitative estimate of drug-likeness (QED) is 0.739. The van der Waals surface area contributed by atoms with Crippen LogP contribution >= 0.6 is 0 Å². The second-order valence-electron chi connectivity index (χ2n) is 6.13. The van der Waals surface area contributed by atoms with Gasteiger partial charge in [0, 0.05) is 30.4 Å². The van der Waals surface area contributed by atoms with Crippen molar-refractivity contribution >= 4 is 27.4 Å². The van der Waals surface area contributed by atoms with Crippen molar-refractivity contribution in [1.82, 2.24) is 9.62 Å². The first-order chi connectivity index (χ1) is 11.2. The van der Waals surface area contributed by atoms with Crippen molar-refractivity contribution in [3.8, 4) is 0 Å². The van der Waals surface area contributed by atoms with Crippen molar-refractivity contribution < 1.29 is 18.0 Å². The first kappa shape index (κ1) is 18.6. The molecule has 8 heteroatoms. The van der Waals surface area contributed by atoms with Crippen LogP contribution in [0.2, 0.25) is 0 Å². The van der Waals surface area contributed by atoms with Gasteiger partial charge in [-0.2, -0.15) is 0 Å². The summed E-state index contributed by atoms with van der Waals surface area (Å²) in [6.07, 6.45) is 2.52. The van der Waals surface area contributed by atoms with Crippen LogP contribution in [0.25, 0.3) is 0 Å². The summed E-state index contributed by atoms with van der Waals surface area (Å²) >= 11 is 0. The maximum atomic E-state index is 12.1. The molecule has 132 valence electrons. The van der Waals surface area contributed by atoms with Crippen LogP contribution in [-0.2, 0) is 14.8 Å². The fraction of sp³-hybridized carbons (Fsp3) is 0.500. The number of carbonyl (C=O) groups is 2. The number of nitrogens with zero attached hydrogens (tertiary/aromatic N) is 1. The monoisotopic (exact) mass is 353 g/mol. The lowest BCUT2D eigenvalue weighted by molar-refractivity contribution is -0.117. The molecular weight excluding hydrogens is 330 g/mol. The minimum atomic E-state index is -3.19. The van der Waals surface area contributed by atoms with Gasteiger partial charge in [0.1, 0.15) is 0 Å². The van der Waals surface area contributed by atoms with E-state index in [2.05, 4.69) is 10.0 Å². The standard InChI is InChI=1S/C16H23N3O4S/c1-12(20)13-4-3-5-15(10-13)17-16(21)11-19-8-6-14(7-9-19)18-24(2,22)23/h3-5,10,14,18H,6-9,11H2,1-2H3,(H,17,21). The Morgan fingerprint density at radius 3 is 2.50 bits per heavy atom. The van der Waals surface area contributed by atoms with E-state index in [0.717, 1.165) is 6.26 Å². The van der Waals surface area contributed by atoms with E-state index < -0.39 is 10.0 Å². The Balaban J connectivity index is 1.81. The number of hydrogen-bond acceptors (Lipinski definition) is 5. The number of amides is 1. The molecule has 1 aromatic rings. The first-order valence-electron chi connectivity index (χ1n) is 7.83. The molecule has 0 bridgehead atoms. The van der Waals surface area contributed by atoms with Crippen LogP contribution in [0.15, 0.2) is 24.3 Å². The molecule has 7 nitrogen and oxygen atoms in total. The number of carbonyl (C=O) groups excluding carboxylic acids is 2. The molecule has 0 atom stereocenters. The Bertz CT molecular complexity index is 710. The second kappa shape index (κ2) is 7.87. The van der Waals surface area contributed by atoms with Gasteiger partial charge in [0.15, 0.2) is 5.78 Å². The first-order valence-corrected chi connectivity index (χ1v) is 9.72. The zero-order chi connectivity index (χ0) is 17.7. The summed E-state index contributed by atoms with van der Waals surface area (Å²) in [5.74, 6) is -0.197. The minimum Gasteiger partial charge on any atom is -0.325 e. The molecule has 2 rings (SSSR count). The van der Waals surface area contributed by atoms with Crippen LogP contribution in [0, 0.1) is 0 Å². The fourth-order valence-corrected chi connectivity index (χ4v) is 3.57. The second-order valence-corrected chi connectivity index (χ2v) is 7.91. The lowest BCUT2D eigenvalue weighted by Gasteiger charge is -2.31. The number of piperidine rings is 1. The molecule has 1 heterocycles. The van der Waals surface area contributed by atoms with E-state index in [4.69, 9.17) is 0 Å². The SMILES string of the molecule is CC(=O)c1cccc(NC(=O)CN2CCC(NS(C)(=O)=O)CC2)c1. The Morgan fingerprint density at radius 2 is 1.92 bits per heavy atom. The van der Waals surface area contributed by atoms with Gasteiger partial charge >= 0.3 is 0 Å². The number of sulfonamides is 1. The molecule has 1 saturated heterocycles. The highest BCUT2D eigenvalue weighted by Gasteiger charge is 2.22. The summed E-state index contributed by atoms with van der Waals surface area (Å²) in [5, 5.41) is 2.79. The van der Waals surface area contributed by atoms with E-state index in [-0.39, 0.29) is 24.3 Å². The summed E-state index contributed by atoms with van der Waals surface area (Å²) in [6, 6.07) is 6.77. The smallest absolute Gasteiger partial charge is 0.238 e. The van der Waals surface area contributed by atoms with Crippen molar-refractivity contribution in [3.63, 3.8) is 0 Å². The van der Waals surface area contributed by atoms with Crippen molar-refractivity contribution in [2.24, 2.45) is 0 Å². The summed E-state index contributed by atoms with van der Waals surface area (Å²) in [6.45, 7) is 3.05. The zero-order valence-electron chi connectivity index (χ0n) is 13.9. The molecule has 1 aliphatic rings. The number of hydrogen-bond donors (Lipinski definition) is 2. The molecule has 1 fully saturated rings. The summed E-state index contributed by atoms with van der Waals surface area (Å²) in [4.78, 5) is 25.5. The molecule has 0 aromatic heterocycles. The van der Waals surface area contributed by atoms with Crippen LogP contribution in [0.4, 0.5) is 5.69 Å². The van der Waals surface area contributed by atoms with Gasteiger partial charge in [-0.05, 0) is 31.9 Å². The topological polar surface area (TPSA) is 95.6 Å². The van der Waals surface area contributed by atoms with E-state index in [0.29, 0.717) is 37.2 Å². The number of ketones is 1. The highest BCUT2D eigenvalue weighted by molar-refractivity contribution is 7.88. The fourth-order valence-electron chi connectivity index (χ4n) is 2.73. The Labute approximate surface area is 142 Å². The summed E-state index contributed by atoms with van der Waals surface area (Å²) in [7, 11) is -3.19. The van der Waals surface area contributed by atoms with E-state index in [1.165, 1.54) is 6.92 Å². The predicted molar refractivity (Wildman–Crippen MR) is 92.5 cm³/mol. The number of benzene rings is 1. The van der Waals surface area contributed by atoms with Gasteiger partial charge < -0.3 is 5.32 Å². The molecule has 0 saturated carbocycles. The molecule has 1 amide bonds. The average Bonchev–Trinajstić information content (AvgIpc) is 2.48. The maximum Gasteiger partial charge on any atom is 0.238 e. The van der Waals surface area contributed by atoms with Crippen molar-refractivity contribution in [2.75, 3.05) is 31.2 Å². The minimum absolute atomic E-state index is 0.0495. The largest absolute Gasteiger partial charge is 0.325 e. The van der Waals surface area contributed by atoms with Crippen LogP contribution in [-0.4, -0.2) is 56.9 Å². The van der Waals surface area contributed by atoms with Gasteiger partial charge in [0.25, 0.3) is 0 Å². The molecule has 1 aromatic carbocycles. The van der Waals surface area contributed by atoms with Gasteiger partial charge in [0.2, 0.25) is 15.9 Å². The molecule has 1 aliphatic heterocycles. The number of rotatable bonds is 6. The Hall–Kier alpha value is -1.77. The Morgan fingerprint density at radius 1 is 1.25 bits per heavy atom. The third kappa shape index (κ3) is 6.03. The highest BCUT2D eigenvalue weighted by atomic mass is 32.2. The van der Waals surface area contributed by atoms with E-state index in [1.807, 2.05) is 4.90 Å². The molecule has 0 radical (unpaired) electrons. The molecule has 0 spiro atoms. The van der Waals surface area contributed by atoms with Gasteiger partial charge in [-0.25, -0.2) is 13.1 Å². The third-order valence-electron chi connectivity index (χ3n) is 3.89. The van der Waals surface area contributed by atoms with Crippen LogP contribution in [0.1, 0.15) is 30.1 Å². The van der Waals surface area contributed by atoms with Crippen molar-refractivity contribution in [2.45, 2.75) is 25.8 Å². The molecule has 0 aliphatic carbocycles.